The molecule has 0 atom stereocenters. The lowest BCUT2D eigenvalue weighted by atomic mass is 10.1. The van der Waals surface area contributed by atoms with Crippen molar-refractivity contribution in [2.75, 3.05) is 46.5 Å². The van der Waals surface area contributed by atoms with Crippen LogP contribution in [-0.4, -0.2) is 64.1 Å². The van der Waals surface area contributed by atoms with Gasteiger partial charge in [-0.3, -0.25) is 4.90 Å². The summed E-state index contributed by atoms with van der Waals surface area (Å²) in [4.78, 5) is 2.64. The summed E-state index contributed by atoms with van der Waals surface area (Å²) in [6.07, 6.45) is 0.823. The Bertz CT molecular complexity index is 867. The van der Waals surface area contributed by atoms with Crippen LogP contribution in [0.25, 0.3) is 0 Å². The van der Waals surface area contributed by atoms with Crippen LogP contribution in [0.3, 0.4) is 0 Å². The molecule has 1 heterocycles. The predicted octanol–water partition coefficient (Wildman–Crippen LogP) is 2.92. The van der Waals surface area contributed by atoms with Gasteiger partial charge in [0.25, 0.3) is 0 Å². The number of sulfonamides is 1. The number of ether oxygens (including phenoxy) is 2. The Labute approximate surface area is 174 Å². The van der Waals surface area contributed by atoms with Crippen molar-refractivity contribution in [2.24, 2.45) is 0 Å². The van der Waals surface area contributed by atoms with Crippen LogP contribution in [-0.2, 0) is 21.3 Å². The molecule has 158 valence electrons. The molecule has 2 aromatic carbocycles. The highest BCUT2D eigenvalue weighted by Crippen LogP contribution is 2.21. The largest absolute Gasteiger partial charge is 0.491 e. The van der Waals surface area contributed by atoms with Crippen molar-refractivity contribution >= 4 is 10.0 Å². The zero-order chi connectivity index (χ0) is 20.7. The molecular weight excluding hydrogens is 388 g/mol. The summed E-state index contributed by atoms with van der Waals surface area (Å²) in [5.41, 5.74) is 2.51. The van der Waals surface area contributed by atoms with E-state index in [0.717, 1.165) is 26.1 Å². The van der Waals surface area contributed by atoms with Crippen molar-refractivity contribution in [2.45, 2.75) is 24.8 Å². The zero-order valence-corrected chi connectivity index (χ0v) is 18.0. The minimum atomic E-state index is -3.50. The van der Waals surface area contributed by atoms with Crippen LogP contribution in [0.4, 0.5) is 0 Å². The Morgan fingerprint density at radius 1 is 0.897 bits per heavy atom. The molecule has 29 heavy (non-hydrogen) atoms. The van der Waals surface area contributed by atoms with Gasteiger partial charge in [0.15, 0.2) is 0 Å². The van der Waals surface area contributed by atoms with Gasteiger partial charge in [-0.1, -0.05) is 29.8 Å². The van der Waals surface area contributed by atoms with E-state index in [4.69, 9.17) is 9.47 Å². The fraction of sp³-hybridized carbons (Fsp3) is 0.455. The first-order chi connectivity index (χ1) is 14.0. The standard InChI is InChI=1S/C22H30N2O4S/c1-19-4-6-20(7-5-19)18-23-12-3-13-24(15-14-23)29(25,26)22-10-8-21(9-11-22)28-17-16-27-2/h4-11H,3,12-18H2,1-2H3. The van der Waals surface area contributed by atoms with Crippen LogP contribution in [0, 0.1) is 6.92 Å². The first-order valence-corrected chi connectivity index (χ1v) is 11.4. The molecule has 0 aliphatic carbocycles. The predicted molar refractivity (Wildman–Crippen MR) is 114 cm³/mol. The summed E-state index contributed by atoms with van der Waals surface area (Å²) in [5, 5.41) is 0. The number of hydrogen-bond donors (Lipinski definition) is 0. The van der Waals surface area contributed by atoms with Crippen LogP contribution in [0.5, 0.6) is 5.75 Å². The average Bonchev–Trinajstić information content (AvgIpc) is 2.96. The zero-order valence-electron chi connectivity index (χ0n) is 17.2. The Kier molecular flexibility index (Phi) is 7.66. The van der Waals surface area contributed by atoms with Gasteiger partial charge in [0.1, 0.15) is 12.4 Å². The van der Waals surface area contributed by atoms with Crippen molar-refractivity contribution < 1.29 is 17.9 Å². The molecule has 2 aromatic rings. The van der Waals surface area contributed by atoms with Crippen molar-refractivity contribution in [1.82, 2.24) is 9.21 Å². The highest BCUT2D eigenvalue weighted by molar-refractivity contribution is 7.89. The number of rotatable bonds is 8. The molecule has 0 saturated carbocycles. The lowest BCUT2D eigenvalue weighted by Crippen LogP contribution is -2.35. The maximum Gasteiger partial charge on any atom is 0.243 e. The third-order valence-corrected chi connectivity index (χ3v) is 7.00. The SMILES string of the molecule is COCCOc1ccc(S(=O)(=O)N2CCCN(Cc3ccc(C)cc3)CC2)cc1. The lowest BCUT2D eigenvalue weighted by Gasteiger charge is -2.22. The summed E-state index contributed by atoms with van der Waals surface area (Å²) >= 11 is 0. The van der Waals surface area contributed by atoms with Crippen molar-refractivity contribution in [3.05, 3.63) is 59.7 Å². The van der Waals surface area contributed by atoms with Crippen molar-refractivity contribution in [1.29, 1.82) is 0 Å². The molecule has 1 fully saturated rings. The second-order valence-electron chi connectivity index (χ2n) is 7.33. The average molecular weight is 419 g/mol. The monoisotopic (exact) mass is 418 g/mol. The van der Waals surface area contributed by atoms with Gasteiger partial charge in [-0.05, 0) is 49.7 Å². The minimum absolute atomic E-state index is 0.309. The topological polar surface area (TPSA) is 59.1 Å². The lowest BCUT2D eigenvalue weighted by molar-refractivity contribution is 0.146. The number of benzene rings is 2. The highest BCUT2D eigenvalue weighted by atomic mass is 32.2. The summed E-state index contributed by atoms with van der Waals surface area (Å²) < 4.78 is 38.2. The van der Waals surface area contributed by atoms with E-state index in [1.54, 1.807) is 35.7 Å². The second-order valence-corrected chi connectivity index (χ2v) is 9.27. The molecule has 0 aromatic heterocycles. The molecule has 1 aliphatic heterocycles. The molecule has 3 rings (SSSR count). The number of nitrogens with zero attached hydrogens (tertiary/aromatic N) is 2. The van der Waals surface area contributed by atoms with Gasteiger partial charge in [-0.2, -0.15) is 4.31 Å². The molecule has 7 heteroatoms. The van der Waals surface area contributed by atoms with E-state index >= 15 is 0 Å². The Hall–Kier alpha value is -1.93. The van der Waals surface area contributed by atoms with E-state index in [2.05, 4.69) is 36.1 Å². The third kappa shape index (κ3) is 6.02. The van der Waals surface area contributed by atoms with E-state index in [0.29, 0.717) is 36.9 Å². The summed E-state index contributed by atoms with van der Waals surface area (Å²) in [6.45, 7) is 6.52. The first kappa shape index (κ1) is 21.8. The van der Waals surface area contributed by atoms with Crippen molar-refractivity contribution in [3.63, 3.8) is 0 Å². The molecule has 0 N–H and O–H groups in total. The van der Waals surface area contributed by atoms with E-state index < -0.39 is 10.0 Å². The molecule has 1 saturated heterocycles. The fourth-order valence-corrected chi connectivity index (χ4v) is 4.87. The quantitative estimate of drug-likeness (QED) is 0.617. The molecule has 0 amide bonds. The van der Waals surface area contributed by atoms with E-state index in [9.17, 15) is 8.42 Å². The fourth-order valence-electron chi connectivity index (χ4n) is 3.40. The minimum Gasteiger partial charge on any atom is -0.491 e. The smallest absolute Gasteiger partial charge is 0.243 e. The Morgan fingerprint density at radius 3 is 2.31 bits per heavy atom. The summed E-state index contributed by atoms with van der Waals surface area (Å²) in [5.74, 6) is 0.640. The summed E-state index contributed by atoms with van der Waals surface area (Å²) in [7, 11) is -1.89. The molecule has 0 bridgehead atoms. The van der Waals surface area contributed by atoms with Gasteiger partial charge in [0.2, 0.25) is 10.0 Å². The number of aryl methyl sites for hydroxylation is 1. The third-order valence-electron chi connectivity index (χ3n) is 5.09. The van der Waals surface area contributed by atoms with Gasteiger partial charge in [-0.15, -0.1) is 0 Å². The van der Waals surface area contributed by atoms with E-state index in [-0.39, 0.29) is 0 Å². The number of hydrogen-bond acceptors (Lipinski definition) is 5. The Balaban J connectivity index is 1.60. The van der Waals surface area contributed by atoms with Crippen LogP contribution < -0.4 is 4.74 Å². The van der Waals surface area contributed by atoms with Crippen LogP contribution in [0.2, 0.25) is 0 Å². The molecule has 0 unspecified atom stereocenters. The molecule has 0 spiro atoms. The van der Waals surface area contributed by atoms with Crippen molar-refractivity contribution in [3.8, 4) is 5.75 Å². The first-order valence-electron chi connectivity index (χ1n) is 9.99. The second kappa shape index (κ2) is 10.2. The van der Waals surface area contributed by atoms with Gasteiger partial charge >= 0.3 is 0 Å². The van der Waals surface area contributed by atoms with Gasteiger partial charge < -0.3 is 9.47 Å². The van der Waals surface area contributed by atoms with Crippen LogP contribution in [0.15, 0.2) is 53.4 Å². The maximum atomic E-state index is 13.1. The Morgan fingerprint density at radius 2 is 1.62 bits per heavy atom. The van der Waals surface area contributed by atoms with E-state index in [1.165, 1.54) is 11.1 Å². The number of methoxy groups -OCH3 is 1. The highest BCUT2D eigenvalue weighted by Gasteiger charge is 2.27. The molecule has 1 aliphatic rings. The van der Waals surface area contributed by atoms with Crippen LogP contribution >= 0.6 is 0 Å². The molecular formula is C22H30N2O4S. The maximum absolute atomic E-state index is 13.1. The van der Waals surface area contributed by atoms with Crippen LogP contribution in [0.1, 0.15) is 17.5 Å². The van der Waals surface area contributed by atoms with E-state index in [1.807, 2.05) is 0 Å². The van der Waals surface area contributed by atoms with Gasteiger partial charge in [-0.25, -0.2) is 8.42 Å². The molecule has 0 radical (unpaired) electrons. The van der Waals surface area contributed by atoms with Gasteiger partial charge in [0, 0.05) is 33.3 Å². The summed E-state index contributed by atoms with van der Waals surface area (Å²) in [6, 6.07) is 15.2. The normalized spacial score (nSPS) is 16.5. The molecule has 6 nitrogen and oxygen atoms in total. The van der Waals surface area contributed by atoms with Gasteiger partial charge in [0.05, 0.1) is 11.5 Å².